The number of para-hydroxylation sites is 1. The van der Waals surface area contributed by atoms with Crippen LogP contribution in [0.1, 0.15) is 6.92 Å². The highest BCUT2D eigenvalue weighted by Gasteiger charge is 2.21. The molecule has 1 heterocycles. The summed E-state index contributed by atoms with van der Waals surface area (Å²) in [5.74, 6) is 1.44. The van der Waals surface area contributed by atoms with Crippen LogP contribution in [0.15, 0.2) is 59.8 Å². The molecule has 3 aromatic rings. The first-order chi connectivity index (χ1) is 12.6. The summed E-state index contributed by atoms with van der Waals surface area (Å²) in [6.07, 6.45) is 0. The van der Waals surface area contributed by atoms with Crippen LogP contribution in [0.3, 0.4) is 0 Å². The van der Waals surface area contributed by atoms with Crippen molar-refractivity contribution in [2.24, 2.45) is 0 Å². The number of ether oxygens (including phenoxy) is 1. The Balaban J connectivity index is 1.67. The number of hydrogen-bond acceptors (Lipinski definition) is 5. The van der Waals surface area contributed by atoms with Crippen molar-refractivity contribution in [3.05, 3.63) is 54.6 Å². The maximum atomic E-state index is 12.6. The summed E-state index contributed by atoms with van der Waals surface area (Å²) in [6.45, 7) is 1.86. The van der Waals surface area contributed by atoms with Crippen LogP contribution >= 0.6 is 11.8 Å². The lowest BCUT2D eigenvalue weighted by atomic mass is 10.2. The molecule has 0 aliphatic carbocycles. The third-order valence-corrected chi connectivity index (χ3v) is 4.88. The minimum atomic E-state index is -0.306. The van der Waals surface area contributed by atoms with Gasteiger partial charge in [-0.2, -0.15) is 0 Å². The van der Waals surface area contributed by atoms with Crippen molar-refractivity contribution in [2.75, 3.05) is 19.1 Å². The summed E-state index contributed by atoms with van der Waals surface area (Å²) in [6, 6.07) is 17.1. The third-order valence-electron chi connectivity index (χ3n) is 3.93. The highest BCUT2D eigenvalue weighted by atomic mass is 32.2. The Bertz CT molecular complexity index is 865. The van der Waals surface area contributed by atoms with Crippen LogP contribution in [-0.4, -0.2) is 40.5 Å². The first kappa shape index (κ1) is 18.0. The van der Waals surface area contributed by atoms with Crippen LogP contribution in [0.2, 0.25) is 0 Å². The van der Waals surface area contributed by atoms with Gasteiger partial charge in [-0.05, 0) is 43.3 Å². The number of anilines is 1. The van der Waals surface area contributed by atoms with Crippen molar-refractivity contribution in [3.63, 3.8) is 0 Å². The lowest BCUT2D eigenvalue weighted by Crippen LogP contribution is -2.33. The Morgan fingerprint density at radius 1 is 1.15 bits per heavy atom. The smallest absolute Gasteiger partial charge is 0.240 e. The number of carbonyl (C=O) groups excluding carboxylic acids is 1. The Morgan fingerprint density at radius 2 is 1.85 bits per heavy atom. The molecule has 0 aliphatic heterocycles. The second-order valence-electron chi connectivity index (χ2n) is 5.69. The molecule has 0 saturated carbocycles. The van der Waals surface area contributed by atoms with E-state index >= 15 is 0 Å². The van der Waals surface area contributed by atoms with E-state index in [1.165, 1.54) is 11.8 Å². The van der Waals surface area contributed by atoms with E-state index in [4.69, 9.17) is 4.74 Å². The first-order valence-electron chi connectivity index (χ1n) is 8.14. The molecular formula is C19H20N4O2S. The number of hydrogen-bond donors (Lipinski definition) is 1. The monoisotopic (exact) mass is 368 g/mol. The third kappa shape index (κ3) is 4.05. The molecule has 1 amide bonds. The zero-order chi connectivity index (χ0) is 18.5. The topological polar surface area (TPSA) is 71.1 Å². The summed E-state index contributed by atoms with van der Waals surface area (Å²) < 4.78 is 5.16. The highest BCUT2D eigenvalue weighted by molar-refractivity contribution is 8.00. The Kier molecular flexibility index (Phi) is 5.58. The predicted molar refractivity (Wildman–Crippen MR) is 104 cm³/mol. The second kappa shape index (κ2) is 8.05. The van der Waals surface area contributed by atoms with Gasteiger partial charge < -0.3 is 9.64 Å². The SMILES string of the molecule is COc1ccc(-c2nc(SC(C)C(=O)N(C)c3ccccc3)n[nH]2)cc1. The Morgan fingerprint density at radius 3 is 2.50 bits per heavy atom. The predicted octanol–water partition coefficient (Wildman–Crippen LogP) is 3.62. The van der Waals surface area contributed by atoms with E-state index in [-0.39, 0.29) is 11.2 Å². The zero-order valence-electron chi connectivity index (χ0n) is 14.8. The number of nitrogens with zero attached hydrogens (tertiary/aromatic N) is 3. The zero-order valence-corrected chi connectivity index (χ0v) is 15.7. The number of H-pyrrole nitrogens is 1. The second-order valence-corrected chi connectivity index (χ2v) is 7.00. The molecule has 0 aliphatic rings. The van der Waals surface area contributed by atoms with Crippen molar-refractivity contribution in [1.29, 1.82) is 0 Å². The van der Waals surface area contributed by atoms with Gasteiger partial charge in [0, 0.05) is 18.3 Å². The van der Waals surface area contributed by atoms with Gasteiger partial charge in [0.25, 0.3) is 0 Å². The van der Waals surface area contributed by atoms with Crippen molar-refractivity contribution < 1.29 is 9.53 Å². The van der Waals surface area contributed by atoms with Crippen LogP contribution in [0.25, 0.3) is 11.4 Å². The number of nitrogens with one attached hydrogen (secondary N) is 1. The molecule has 0 spiro atoms. The van der Waals surface area contributed by atoms with Gasteiger partial charge in [-0.3, -0.25) is 9.89 Å². The molecule has 1 unspecified atom stereocenters. The van der Waals surface area contributed by atoms with Crippen LogP contribution in [0.4, 0.5) is 5.69 Å². The number of benzene rings is 2. The van der Waals surface area contributed by atoms with Gasteiger partial charge in [0.2, 0.25) is 11.1 Å². The molecule has 1 aromatic heterocycles. The van der Waals surface area contributed by atoms with Crippen LogP contribution < -0.4 is 9.64 Å². The lowest BCUT2D eigenvalue weighted by Gasteiger charge is -2.20. The van der Waals surface area contributed by atoms with Gasteiger partial charge >= 0.3 is 0 Å². The fraction of sp³-hybridized carbons (Fsp3) is 0.211. The molecule has 6 nitrogen and oxygen atoms in total. The number of amides is 1. The molecule has 1 N–H and O–H groups in total. The van der Waals surface area contributed by atoms with Crippen molar-refractivity contribution in [1.82, 2.24) is 15.2 Å². The minimum absolute atomic E-state index is 0.00278. The molecule has 26 heavy (non-hydrogen) atoms. The van der Waals surface area contributed by atoms with Gasteiger partial charge in [-0.25, -0.2) is 4.98 Å². The molecule has 134 valence electrons. The first-order valence-corrected chi connectivity index (χ1v) is 9.02. The van der Waals surface area contributed by atoms with Crippen LogP contribution in [-0.2, 0) is 4.79 Å². The number of aromatic nitrogens is 3. The largest absolute Gasteiger partial charge is 0.497 e. The fourth-order valence-corrected chi connectivity index (χ4v) is 3.25. The average molecular weight is 368 g/mol. The summed E-state index contributed by atoms with van der Waals surface area (Å²) in [7, 11) is 3.40. The summed E-state index contributed by atoms with van der Waals surface area (Å²) in [5, 5.41) is 7.37. The number of aromatic amines is 1. The molecule has 0 bridgehead atoms. The van der Waals surface area contributed by atoms with Gasteiger partial charge in [0.05, 0.1) is 12.4 Å². The molecule has 3 rings (SSSR count). The summed E-state index contributed by atoms with van der Waals surface area (Å²) in [5.41, 5.74) is 1.77. The fourth-order valence-electron chi connectivity index (χ4n) is 2.44. The standard InChI is InChI=1S/C19H20N4O2S/c1-13(18(24)23(2)15-7-5-4-6-8-15)26-19-20-17(21-22-19)14-9-11-16(25-3)12-10-14/h4-13H,1-3H3,(H,20,21,22). The quantitative estimate of drug-likeness (QED) is 0.673. The van der Waals surface area contributed by atoms with E-state index in [1.54, 1.807) is 19.1 Å². The maximum Gasteiger partial charge on any atom is 0.240 e. The molecule has 0 saturated heterocycles. The number of carbonyl (C=O) groups is 1. The van der Waals surface area contributed by atoms with E-state index in [1.807, 2.05) is 61.5 Å². The van der Waals surface area contributed by atoms with E-state index in [0.29, 0.717) is 11.0 Å². The van der Waals surface area contributed by atoms with E-state index < -0.39 is 0 Å². The number of thioether (sulfide) groups is 1. The summed E-state index contributed by atoms with van der Waals surface area (Å²) in [4.78, 5) is 18.7. The highest BCUT2D eigenvalue weighted by Crippen LogP contribution is 2.25. The molecule has 0 fully saturated rings. The summed E-state index contributed by atoms with van der Waals surface area (Å²) >= 11 is 1.33. The normalized spacial score (nSPS) is 11.8. The van der Waals surface area contributed by atoms with Gasteiger partial charge in [0.1, 0.15) is 5.75 Å². The molecule has 1 atom stereocenters. The minimum Gasteiger partial charge on any atom is -0.497 e. The molecule has 0 radical (unpaired) electrons. The van der Waals surface area contributed by atoms with E-state index in [2.05, 4.69) is 15.2 Å². The van der Waals surface area contributed by atoms with Crippen LogP contribution in [0, 0.1) is 0 Å². The van der Waals surface area contributed by atoms with Crippen molar-refractivity contribution in [2.45, 2.75) is 17.3 Å². The van der Waals surface area contributed by atoms with Gasteiger partial charge in [-0.1, -0.05) is 30.0 Å². The molecule has 2 aromatic carbocycles. The van der Waals surface area contributed by atoms with Gasteiger partial charge in [-0.15, -0.1) is 5.10 Å². The number of methoxy groups -OCH3 is 1. The van der Waals surface area contributed by atoms with Crippen molar-refractivity contribution >= 4 is 23.4 Å². The molecule has 7 heteroatoms. The van der Waals surface area contributed by atoms with Crippen LogP contribution in [0.5, 0.6) is 5.75 Å². The van der Waals surface area contributed by atoms with E-state index in [0.717, 1.165) is 17.0 Å². The Labute approximate surface area is 156 Å². The Hall–Kier alpha value is -2.80. The lowest BCUT2D eigenvalue weighted by molar-refractivity contribution is -0.117. The van der Waals surface area contributed by atoms with Crippen molar-refractivity contribution in [3.8, 4) is 17.1 Å². The number of rotatable bonds is 6. The van der Waals surface area contributed by atoms with Gasteiger partial charge in [0.15, 0.2) is 5.82 Å². The maximum absolute atomic E-state index is 12.6. The molecular weight excluding hydrogens is 348 g/mol. The average Bonchev–Trinajstić information content (AvgIpc) is 3.16. The van der Waals surface area contributed by atoms with E-state index in [9.17, 15) is 4.79 Å².